The van der Waals surface area contributed by atoms with Crippen LogP contribution in [0.25, 0.3) is 0 Å². The number of ether oxygens (including phenoxy) is 1. The van der Waals surface area contributed by atoms with Crippen molar-refractivity contribution < 1.29 is 9.53 Å². The van der Waals surface area contributed by atoms with Gasteiger partial charge in [-0.3, -0.25) is 0 Å². The largest absolute Gasteiger partial charge is 0.441 e. The number of carbonyl (C=O) groups excluding carboxylic acids is 1. The van der Waals surface area contributed by atoms with Crippen LogP contribution in [0.1, 0.15) is 21.1 Å². The van der Waals surface area contributed by atoms with Gasteiger partial charge in [-0.1, -0.05) is 6.07 Å². The molecule has 0 radical (unpaired) electrons. The van der Waals surface area contributed by atoms with E-state index in [0.717, 1.165) is 5.56 Å². The first-order valence-electron chi connectivity index (χ1n) is 3.09. The number of halogens is 1. The minimum Gasteiger partial charge on any atom is -0.441 e. The van der Waals surface area contributed by atoms with Gasteiger partial charge >= 0.3 is 5.97 Å². The SMILES string of the molecule is O=C1OC(Br)c2cccnc21. The summed E-state index contributed by atoms with van der Waals surface area (Å²) in [6.45, 7) is 0. The molecular formula is C7H4BrNO2. The number of aromatic nitrogens is 1. The number of carbonyl (C=O) groups is 1. The minimum absolute atomic E-state index is 0.321. The second-order valence-electron chi connectivity index (χ2n) is 2.16. The molecule has 2 heterocycles. The van der Waals surface area contributed by atoms with Gasteiger partial charge < -0.3 is 4.74 Å². The van der Waals surface area contributed by atoms with E-state index in [1.54, 1.807) is 12.3 Å². The van der Waals surface area contributed by atoms with Crippen LogP contribution in [-0.2, 0) is 4.74 Å². The Bertz CT molecular complexity index is 313. The van der Waals surface area contributed by atoms with Crippen molar-refractivity contribution in [1.29, 1.82) is 0 Å². The molecule has 0 saturated carbocycles. The van der Waals surface area contributed by atoms with Crippen molar-refractivity contribution in [2.75, 3.05) is 0 Å². The number of nitrogens with zero attached hydrogens (tertiary/aromatic N) is 1. The van der Waals surface area contributed by atoms with Gasteiger partial charge in [0.25, 0.3) is 0 Å². The molecule has 56 valence electrons. The van der Waals surface area contributed by atoms with E-state index >= 15 is 0 Å². The lowest BCUT2D eigenvalue weighted by Crippen LogP contribution is -1.96. The van der Waals surface area contributed by atoms with Crippen LogP contribution in [0.5, 0.6) is 0 Å². The van der Waals surface area contributed by atoms with Gasteiger partial charge in [0.1, 0.15) is 0 Å². The molecule has 1 aliphatic heterocycles. The van der Waals surface area contributed by atoms with Crippen LogP contribution in [0.3, 0.4) is 0 Å². The van der Waals surface area contributed by atoms with Crippen molar-refractivity contribution in [1.82, 2.24) is 4.98 Å². The van der Waals surface area contributed by atoms with Crippen molar-refractivity contribution in [3.63, 3.8) is 0 Å². The lowest BCUT2D eigenvalue weighted by molar-refractivity contribution is 0.0526. The maximum atomic E-state index is 11.0. The number of alkyl halides is 1. The van der Waals surface area contributed by atoms with Gasteiger partial charge in [-0.25, -0.2) is 9.78 Å². The van der Waals surface area contributed by atoms with Crippen molar-refractivity contribution >= 4 is 21.9 Å². The molecule has 0 aliphatic carbocycles. The summed E-state index contributed by atoms with van der Waals surface area (Å²) in [6, 6.07) is 3.59. The Morgan fingerprint density at radius 2 is 2.45 bits per heavy atom. The monoisotopic (exact) mass is 213 g/mol. The van der Waals surface area contributed by atoms with Crippen molar-refractivity contribution in [3.05, 3.63) is 29.6 Å². The first-order valence-corrected chi connectivity index (χ1v) is 4.00. The summed E-state index contributed by atoms with van der Waals surface area (Å²) < 4.78 is 4.85. The van der Waals surface area contributed by atoms with Gasteiger partial charge in [0.15, 0.2) is 10.7 Å². The van der Waals surface area contributed by atoms with Gasteiger partial charge in [0.05, 0.1) is 0 Å². The van der Waals surface area contributed by atoms with E-state index in [-0.39, 0.29) is 11.0 Å². The van der Waals surface area contributed by atoms with Crippen LogP contribution in [0, 0.1) is 0 Å². The number of rotatable bonds is 0. The van der Waals surface area contributed by atoms with Crippen LogP contribution >= 0.6 is 15.9 Å². The highest BCUT2D eigenvalue weighted by Crippen LogP contribution is 2.33. The number of fused-ring (bicyclic) bond motifs is 1. The van der Waals surface area contributed by atoms with Crippen LogP contribution in [0.2, 0.25) is 0 Å². The average Bonchev–Trinajstić information content (AvgIpc) is 2.30. The molecule has 1 aliphatic rings. The maximum Gasteiger partial charge on any atom is 0.358 e. The maximum absolute atomic E-state index is 11.0. The number of hydrogen-bond donors (Lipinski definition) is 0. The van der Waals surface area contributed by atoms with E-state index in [2.05, 4.69) is 20.9 Å². The van der Waals surface area contributed by atoms with Crippen LogP contribution in [0.15, 0.2) is 18.3 Å². The van der Waals surface area contributed by atoms with Crippen molar-refractivity contribution in [2.45, 2.75) is 5.01 Å². The Kier molecular flexibility index (Phi) is 1.42. The zero-order valence-corrected chi connectivity index (χ0v) is 7.04. The van der Waals surface area contributed by atoms with Gasteiger partial charge in [-0.15, -0.1) is 0 Å². The number of cyclic esters (lactones) is 1. The third-order valence-corrected chi connectivity index (χ3v) is 2.17. The highest BCUT2D eigenvalue weighted by molar-refractivity contribution is 9.09. The molecule has 0 N–H and O–H groups in total. The summed E-state index contributed by atoms with van der Waals surface area (Å²) in [6.07, 6.45) is 1.57. The summed E-state index contributed by atoms with van der Waals surface area (Å²) in [5, 5.41) is -0.321. The Hall–Kier alpha value is -0.900. The first kappa shape index (κ1) is 6.79. The van der Waals surface area contributed by atoms with Crippen molar-refractivity contribution in [2.24, 2.45) is 0 Å². The van der Waals surface area contributed by atoms with Gasteiger partial charge in [-0.05, 0) is 22.0 Å². The molecule has 0 saturated heterocycles. The smallest absolute Gasteiger partial charge is 0.358 e. The third kappa shape index (κ3) is 0.939. The van der Waals surface area contributed by atoms with Crippen LogP contribution < -0.4 is 0 Å². The third-order valence-electron chi connectivity index (χ3n) is 1.49. The Morgan fingerprint density at radius 1 is 1.64 bits per heavy atom. The average molecular weight is 214 g/mol. The van der Waals surface area contributed by atoms with E-state index in [9.17, 15) is 4.79 Å². The molecule has 11 heavy (non-hydrogen) atoms. The van der Waals surface area contributed by atoms with E-state index in [4.69, 9.17) is 4.74 Å². The van der Waals surface area contributed by atoms with Crippen LogP contribution in [0.4, 0.5) is 0 Å². The van der Waals surface area contributed by atoms with Gasteiger partial charge in [0, 0.05) is 11.8 Å². The normalized spacial score (nSPS) is 21.2. The summed E-state index contributed by atoms with van der Waals surface area (Å²) >= 11 is 3.19. The quantitative estimate of drug-likeness (QED) is 0.486. The molecular weight excluding hydrogens is 210 g/mol. The summed E-state index contributed by atoms with van der Waals surface area (Å²) in [5.41, 5.74) is 1.21. The number of esters is 1. The second kappa shape index (κ2) is 2.30. The molecule has 0 fully saturated rings. The van der Waals surface area contributed by atoms with Crippen LogP contribution in [-0.4, -0.2) is 11.0 Å². The van der Waals surface area contributed by atoms with E-state index in [1.165, 1.54) is 0 Å². The Balaban J connectivity index is 2.60. The predicted molar refractivity (Wildman–Crippen MR) is 41.3 cm³/mol. The van der Waals surface area contributed by atoms with Crippen molar-refractivity contribution in [3.8, 4) is 0 Å². The summed E-state index contributed by atoms with van der Waals surface area (Å²) in [7, 11) is 0. The highest BCUT2D eigenvalue weighted by atomic mass is 79.9. The van der Waals surface area contributed by atoms with Gasteiger partial charge in [0.2, 0.25) is 0 Å². The zero-order valence-electron chi connectivity index (χ0n) is 5.45. The summed E-state index contributed by atoms with van der Waals surface area (Å²) in [4.78, 5) is 14.8. The Labute approximate surface area is 71.5 Å². The molecule has 1 unspecified atom stereocenters. The van der Waals surface area contributed by atoms with E-state index in [1.807, 2.05) is 6.07 Å². The Morgan fingerprint density at radius 3 is 3.18 bits per heavy atom. The molecule has 1 aromatic heterocycles. The molecule has 1 atom stereocenters. The fourth-order valence-electron chi connectivity index (χ4n) is 0.985. The highest BCUT2D eigenvalue weighted by Gasteiger charge is 2.29. The topological polar surface area (TPSA) is 39.2 Å². The number of hydrogen-bond acceptors (Lipinski definition) is 3. The molecule has 4 heteroatoms. The molecule has 1 aromatic rings. The second-order valence-corrected chi connectivity index (χ2v) is 2.99. The molecule has 0 bridgehead atoms. The minimum atomic E-state index is -0.359. The molecule has 0 aromatic carbocycles. The molecule has 2 rings (SSSR count). The summed E-state index contributed by atoms with van der Waals surface area (Å²) in [5.74, 6) is -0.359. The molecule has 0 spiro atoms. The number of pyridine rings is 1. The molecule has 0 amide bonds. The first-order chi connectivity index (χ1) is 5.29. The van der Waals surface area contributed by atoms with Gasteiger partial charge in [-0.2, -0.15) is 0 Å². The predicted octanol–water partition coefficient (Wildman–Crippen LogP) is 1.65. The van der Waals surface area contributed by atoms with E-state index < -0.39 is 0 Å². The molecule has 3 nitrogen and oxygen atoms in total. The lowest BCUT2D eigenvalue weighted by Gasteiger charge is -1.97. The lowest BCUT2D eigenvalue weighted by atomic mass is 10.2. The fourth-order valence-corrected chi connectivity index (χ4v) is 1.52. The van der Waals surface area contributed by atoms with E-state index in [0.29, 0.717) is 5.69 Å². The standard InChI is InChI=1S/C7H4BrNO2/c8-6-4-2-1-3-9-5(4)7(10)11-6/h1-3,6H. The zero-order chi connectivity index (χ0) is 7.84. The fraction of sp³-hybridized carbons (Fsp3) is 0.143.